The van der Waals surface area contributed by atoms with Crippen molar-refractivity contribution in [2.75, 3.05) is 41.2 Å². The minimum Gasteiger partial charge on any atom is -0.465 e. The lowest BCUT2D eigenvalue weighted by Gasteiger charge is -2.60. The third-order valence-corrected chi connectivity index (χ3v) is 20.6. The number of hydrogen-bond donors (Lipinski definition) is 5. The highest BCUT2D eigenvalue weighted by atomic mass is 16.8. The summed E-state index contributed by atoms with van der Waals surface area (Å²) in [5, 5.41) is 52.3. The molecular formula is C56H88O22. The molecule has 22 heteroatoms. The van der Waals surface area contributed by atoms with Crippen molar-refractivity contribution >= 4 is 5.97 Å². The topological polar surface area (TPSA) is 266 Å². The van der Waals surface area contributed by atoms with E-state index in [1.54, 1.807) is 28.1 Å². The summed E-state index contributed by atoms with van der Waals surface area (Å²) in [7, 11) is 4.85. The molecule has 0 unspecified atom stereocenters. The lowest BCUT2D eigenvalue weighted by molar-refractivity contribution is -0.359. The predicted molar refractivity (Wildman–Crippen MR) is 267 cm³/mol. The fourth-order valence-corrected chi connectivity index (χ4v) is 16.8. The van der Waals surface area contributed by atoms with Gasteiger partial charge in [-0.3, -0.25) is 4.79 Å². The van der Waals surface area contributed by atoms with Crippen LogP contribution in [0.2, 0.25) is 0 Å². The van der Waals surface area contributed by atoms with Crippen molar-refractivity contribution in [1.82, 2.24) is 0 Å². The number of rotatable bonds is 15. The summed E-state index contributed by atoms with van der Waals surface area (Å²) in [5.41, 5.74) is 0.894. The standard InChI is InChI=1S/C56H88O22/c1-25-47(73-42-21-38(65-10)50(28(4)71-42)76-52-46(62)45(61)44(60)39(22-57)72-52)34(59)18-41(69-25)74-49-27(3)70-43(20-37(49)64-9)75-48-26(2)68-35(19-36(48)63-8)30-13-16-55(24-66-29(5)58)31(17-30)11-12-33-32(55)14-15-53(6)51-40-23-67-54(51,7)78-56(33,53)77-40/h11,25-28,30,32-52,57,59-62H,12-24H2,1-10H3/t25-,26-,27-,28+,30+,32+,33-,34-,35-,36+,37-,38-,39-,40-,41+,42+,43+,44+,45+,46-,47-,48+,49-,50+,51+,52-,53-,54-,55-,56+/m1/s1. The number of carbonyl (C=O) groups is 1. The Morgan fingerprint density at radius 2 is 1.27 bits per heavy atom. The van der Waals surface area contributed by atoms with E-state index in [9.17, 15) is 30.3 Å². The minimum absolute atomic E-state index is 0.0331. The van der Waals surface area contributed by atoms with Crippen molar-refractivity contribution < 1.29 is 106 Å². The van der Waals surface area contributed by atoms with Crippen LogP contribution < -0.4 is 0 Å². The highest BCUT2D eigenvalue weighted by Gasteiger charge is 2.83. The second kappa shape index (κ2) is 22.4. The maximum atomic E-state index is 12.5. The van der Waals surface area contributed by atoms with Gasteiger partial charge in [0.15, 0.2) is 36.7 Å². The fourth-order valence-electron chi connectivity index (χ4n) is 16.8. The molecule has 10 fully saturated rings. The van der Waals surface area contributed by atoms with Crippen LogP contribution in [0.4, 0.5) is 0 Å². The molecule has 3 aliphatic carbocycles. The minimum atomic E-state index is -1.60. The van der Waals surface area contributed by atoms with Crippen LogP contribution in [0.15, 0.2) is 11.6 Å². The van der Waals surface area contributed by atoms with E-state index in [0.29, 0.717) is 26.1 Å². The Bertz CT molecular complexity index is 2130. The zero-order valence-electron chi connectivity index (χ0n) is 47.0. The van der Waals surface area contributed by atoms with Gasteiger partial charge in [0.05, 0.1) is 80.2 Å². The average Bonchev–Trinajstić information content (AvgIpc) is 2.65. The summed E-state index contributed by atoms with van der Waals surface area (Å²) in [6.07, 6.45) is -7.44. The molecule has 0 aromatic heterocycles. The van der Waals surface area contributed by atoms with Gasteiger partial charge in [-0.15, -0.1) is 0 Å². The van der Waals surface area contributed by atoms with Gasteiger partial charge in [0, 0.05) is 70.7 Å². The van der Waals surface area contributed by atoms with E-state index in [0.717, 1.165) is 38.5 Å². The van der Waals surface area contributed by atoms with Crippen LogP contribution in [0.25, 0.3) is 0 Å². The largest absolute Gasteiger partial charge is 0.465 e. The van der Waals surface area contributed by atoms with E-state index in [2.05, 4.69) is 19.9 Å². The number of carbonyl (C=O) groups excluding carboxylic acids is 1. The first-order valence-electron chi connectivity index (χ1n) is 28.9. The van der Waals surface area contributed by atoms with Gasteiger partial charge in [-0.2, -0.15) is 0 Å². The fraction of sp³-hybridized carbons (Fsp3) is 0.946. The van der Waals surface area contributed by atoms with Gasteiger partial charge >= 0.3 is 5.97 Å². The Labute approximate surface area is 457 Å². The van der Waals surface area contributed by atoms with Gasteiger partial charge in [-0.25, -0.2) is 0 Å². The lowest BCUT2D eigenvalue weighted by Crippen LogP contribution is -2.62. The summed E-state index contributed by atoms with van der Waals surface area (Å²) in [6, 6.07) is 0. The Kier molecular flexibility index (Phi) is 16.7. The Balaban J connectivity index is 0.676. The highest BCUT2D eigenvalue weighted by molar-refractivity contribution is 5.66. The summed E-state index contributed by atoms with van der Waals surface area (Å²) in [4.78, 5) is 12.5. The van der Waals surface area contributed by atoms with Crippen LogP contribution in [0.3, 0.4) is 0 Å². The summed E-state index contributed by atoms with van der Waals surface area (Å²) in [5.74, 6) is -0.862. The van der Waals surface area contributed by atoms with E-state index in [4.69, 9.17) is 75.8 Å². The molecule has 2 saturated carbocycles. The van der Waals surface area contributed by atoms with Crippen molar-refractivity contribution in [3.05, 3.63) is 11.6 Å². The molecule has 0 aromatic carbocycles. The van der Waals surface area contributed by atoms with Crippen LogP contribution >= 0.6 is 0 Å². The second-order valence-electron chi connectivity index (χ2n) is 24.9. The number of aliphatic hydroxyl groups excluding tert-OH is 5. The van der Waals surface area contributed by atoms with E-state index >= 15 is 0 Å². The smallest absolute Gasteiger partial charge is 0.302 e. The molecule has 0 amide bonds. The molecule has 11 rings (SSSR count). The number of esters is 1. The normalized spacial score (nSPS) is 54.7. The maximum absolute atomic E-state index is 12.5. The van der Waals surface area contributed by atoms with E-state index < -0.39 is 129 Å². The van der Waals surface area contributed by atoms with Gasteiger partial charge in [0.2, 0.25) is 0 Å². The molecular weight excluding hydrogens is 1020 g/mol. The van der Waals surface area contributed by atoms with Crippen molar-refractivity contribution in [3.8, 4) is 0 Å². The molecule has 0 aromatic rings. The Hall–Kier alpha value is -1.59. The molecule has 2 bridgehead atoms. The molecule has 444 valence electrons. The Morgan fingerprint density at radius 1 is 0.679 bits per heavy atom. The quantitative estimate of drug-likeness (QED) is 0.117. The van der Waals surface area contributed by atoms with Crippen molar-refractivity contribution in [1.29, 1.82) is 0 Å². The zero-order valence-corrected chi connectivity index (χ0v) is 47.0. The van der Waals surface area contributed by atoms with Crippen molar-refractivity contribution in [3.63, 3.8) is 0 Å². The average molecular weight is 1110 g/mol. The zero-order chi connectivity index (χ0) is 55.4. The molecule has 22 nitrogen and oxygen atoms in total. The van der Waals surface area contributed by atoms with Crippen LogP contribution in [0.5, 0.6) is 0 Å². The maximum Gasteiger partial charge on any atom is 0.302 e. The van der Waals surface area contributed by atoms with Crippen LogP contribution in [-0.2, 0) is 80.6 Å². The van der Waals surface area contributed by atoms with E-state index in [-0.39, 0.29) is 77.7 Å². The number of allylic oxidation sites excluding steroid dienone is 1. The summed E-state index contributed by atoms with van der Waals surface area (Å²) in [6.45, 7) is 13.7. The monoisotopic (exact) mass is 1110 g/mol. The van der Waals surface area contributed by atoms with Crippen LogP contribution in [0.1, 0.15) is 113 Å². The number of ether oxygens (including phenoxy) is 16. The molecule has 11 aliphatic rings. The predicted octanol–water partition coefficient (Wildman–Crippen LogP) is 2.52. The highest BCUT2D eigenvalue weighted by Crippen LogP contribution is 2.76. The first-order chi connectivity index (χ1) is 37.2. The third-order valence-electron chi connectivity index (χ3n) is 20.6. The van der Waals surface area contributed by atoms with Crippen molar-refractivity contribution in [2.24, 2.45) is 34.5 Å². The first-order valence-corrected chi connectivity index (χ1v) is 28.9. The van der Waals surface area contributed by atoms with Gasteiger partial charge < -0.3 is 101 Å². The van der Waals surface area contributed by atoms with Gasteiger partial charge in [-0.1, -0.05) is 18.6 Å². The third kappa shape index (κ3) is 9.89. The molecule has 78 heavy (non-hydrogen) atoms. The molecule has 30 atom stereocenters. The molecule has 8 aliphatic heterocycles. The summed E-state index contributed by atoms with van der Waals surface area (Å²) >= 11 is 0. The lowest BCUT2D eigenvalue weighted by atomic mass is 9.47. The number of aliphatic hydroxyl groups is 5. The van der Waals surface area contributed by atoms with Crippen molar-refractivity contribution in [2.45, 2.75) is 259 Å². The molecule has 8 heterocycles. The van der Waals surface area contributed by atoms with Crippen LogP contribution in [-0.4, -0.2) is 219 Å². The van der Waals surface area contributed by atoms with Crippen LogP contribution in [0, 0.1) is 34.5 Å². The van der Waals surface area contributed by atoms with Gasteiger partial charge in [-0.05, 0) is 85.0 Å². The molecule has 0 radical (unpaired) electrons. The van der Waals surface area contributed by atoms with Gasteiger partial charge in [0.25, 0.3) is 0 Å². The molecule has 8 saturated heterocycles. The first kappa shape index (κ1) is 58.2. The molecule has 0 spiro atoms. The number of fused-ring (bicyclic) bond motifs is 3. The second-order valence-corrected chi connectivity index (χ2v) is 24.9. The van der Waals surface area contributed by atoms with E-state index in [1.165, 1.54) is 19.6 Å². The molecule has 5 N–H and O–H groups in total. The number of methoxy groups -OCH3 is 3. The van der Waals surface area contributed by atoms with Gasteiger partial charge in [0.1, 0.15) is 55.4 Å². The Morgan fingerprint density at radius 3 is 1.87 bits per heavy atom. The SMILES string of the molecule is CO[C@H]1C[C@H]([C@H]2CC[C@@]3(COC(C)=O)C(=CC[C@@H]4[C@@H]3CC[C@]3(C)[C@@H]5[C@H]6CO[C@]5(C)O[C@@]43O6)C2)O[C@H](C)[C@@H]1O[C@H]1C[C@@H](OC)[C@H](O[C@H]2C[C@@H](O)[C@H](O[C@H]3C[C@@H](OC)[C@@H](O[C@H]4O[C@H](CO)[C@H](O)[C@H](O)[C@H]4O)[C@H](C)O3)[C@@H](C)O2)[C@@H](C)O1. The summed E-state index contributed by atoms with van der Waals surface area (Å²) < 4.78 is 102. The van der Waals surface area contributed by atoms with E-state index in [1.807, 2.05) is 13.8 Å². The number of hydrogen-bond acceptors (Lipinski definition) is 22.